The van der Waals surface area contributed by atoms with Gasteiger partial charge in [0.05, 0.1) is 18.8 Å². The summed E-state index contributed by atoms with van der Waals surface area (Å²) in [7, 11) is 3.99. The van der Waals surface area contributed by atoms with E-state index in [1.807, 2.05) is 38.1 Å². The molecular formula is C19H26N4O3. The van der Waals surface area contributed by atoms with E-state index in [0.717, 1.165) is 35.7 Å². The SMILES string of the molecule is CCCc1cc(C(=O)N2CCOC(c3cc(N(C)C)cc(C)n3)C2)no1. The van der Waals surface area contributed by atoms with Crippen LogP contribution in [0.25, 0.3) is 0 Å². The normalized spacial score (nSPS) is 17.4. The van der Waals surface area contributed by atoms with Gasteiger partial charge in [0.1, 0.15) is 11.9 Å². The van der Waals surface area contributed by atoms with Crippen LogP contribution in [0.5, 0.6) is 0 Å². The van der Waals surface area contributed by atoms with Crippen molar-refractivity contribution in [3.8, 4) is 0 Å². The molecular weight excluding hydrogens is 332 g/mol. The van der Waals surface area contributed by atoms with E-state index in [-0.39, 0.29) is 12.0 Å². The largest absolute Gasteiger partial charge is 0.378 e. The van der Waals surface area contributed by atoms with Gasteiger partial charge in [-0.15, -0.1) is 0 Å². The van der Waals surface area contributed by atoms with Crippen LogP contribution in [0.4, 0.5) is 5.69 Å². The molecule has 0 spiro atoms. The standard InChI is InChI=1S/C19H26N4O3/c1-5-6-15-11-17(21-26-15)19(24)23-7-8-25-18(12-23)16-10-14(22(3)4)9-13(2)20-16/h9-11,18H,5-8,12H2,1-4H3. The van der Waals surface area contributed by atoms with Crippen LogP contribution in [0.1, 0.15) is 47.1 Å². The third-order valence-electron chi connectivity index (χ3n) is 4.43. The number of aryl methyl sites for hydroxylation is 2. The van der Waals surface area contributed by atoms with Gasteiger partial charge in [0.25, 0.3) is 5.91 Å². The summed E-state index contributed by atoms with van der Waals surface area (Å²) < 4.78 is 11.1. The lowest BCUT2D eigenvalue weighted by atomic mass is 10.1. The first-order valence-corrected chi connectivity index (χ1v) is 9.00. The molecule has 0 bridgehead atoms. The van der Waals surface area contributed by atoms with E-state index in [4.69, 9.17) is 9.26 Å². The molecule has 1 fully saturated rings. The van der Waals surface area contributed by atoms with E-state index in [1.54, 1.807) is 11.0 Å². The summed E-state index contributed by atoms with van der Waals surface area (Å²) in [5, 5.41) is 3.93. The summed E-state index contributed by atoms with van der Waals surface area (Å²) in [5.74, 6) is 0.626. The van der Waals surface area contributed by atoms with E-state index < -0.39 is 0 Å². The van der Waals surface area contributed by atoms with Gasteiger partial charge in [-0.1, -0.05) is 12.1 Å². The van der Waals surface area contributed by atoms with E-state index in [9.17, 15) is 4.79 Å². The van der Waals surface area contributed by atoms with Crippen molar-refractivity contribution in [3.63, 3.8) is 0 Å². The van der Waals surface area contributed by atoms with Gasteiger partial charge < -0.3 is 19.1 Å². The minimum absolute atomic E-state index is 0.120. The van der Waals surface area contributed by atoms with Gasteiger partial charge in [-0.2, -0.15) is 0 Å². The Morgan fingerprint density at radius 2 is 2.15 bits per heavy atom. The Hall–Kier alpha value is -2.41. The minimum atomic E-state index is -0.242. The van der Waals surface area contributed by atoms with Gasteiger partial charge in [0.15, 0.2) is 5.69 Å². The Morgan fingerprint density at radius 3 is 2.88 bits per heavy atom. The molecule has 0 N–H and O–H groups in total. The third kappa shape index (κ3) is 4.04. The maximum Gasteiger partial charge on any atom is 0.276 e. The number of carbonyl (C=O) groups excluding carboxylic acids is 1. The fourth-order valence-electron chi connectivity index (χ4n) is 3.05. The fraction of sp³-hybridized carbons (Fsp3) is 0.526. The number of ether oxygens (including phenoxy) is 1. The highest BCUT2D eigenvalue weighted by molar-refractivity contribution is 5.92. The second-order valence-corrected chi connectivity index (χ2v) is 6.83. The van der Waals surface area contributed by atoms with Crippen molar-refractivity contribution in [3.05, 3.63) is 41.0 Å². The number of aromatic nitrogens is 2. The highest BCUT2D eigenvalue weighted by Crippen LogP contribution is 2.25. The molecule has 2 aromatic rings. The van der Waals surface area contributed by atoms with Gasteiger partial charge in [0.2, 0.25) is 0 Å². The Bertz CT molecular complexity index is 772. The molecule has 1 aliphatic heterocycles. The molecule has 1 aliphatic rings. The van der Waals surface area contributed by atoms with Crippen LogP contribution in [-0.4, -0.2) is 54.7 Å². The number of amides is 1. The highest BCUT2D eigenvalue weighted by atomic mass is 16.5. The molecule has 1 saturated heterocycles. The lowest BCUT2D eigenvalue weighted by Crippen LogP contribution is -2.42. The van der Waals surface area contributed by atoms with Crippen molar-refractivity contribution in [1.82, 2.24) is 15.0 Å². The molecule has 0 saturated carbocycles. The summed E-state index contributed by atoms with van der Waals surface area (Å²) in [6.45, 7) is 5.50. The Morgan fingerprint density at radius 1 is 1.35 bits per heavy atom. The number of rotatable bonds is 5. The number of morpholine rings is 1. The van der Waals surface area contributed by atoms with E-state index in [1.165, 1.54) is 0 Å². The minimum Gasteiger partial charge on any atom is -0.378 e. The maximum atomic E-state index is 12.8. The second-order valence-electron chi connectivity index (χ2n) is 6.83. The van der Waals surface area contributed by atoms with Crippen molar-refractivity contribution in [2.45, 2.75) is 32.8 Å². The van der Waals surface area contributed by atoms with Crippen LogP contribution in [-0.2, 0) is 11.2 Å². The van der Waals surface area contributed by atoms with Gasteiger partial charge in [-0.3, -0.25) is 9.78 Å². The van der Waals surface area contributed by atoms with Crippen LogP contribution < -0.4 is 4.90 Å². The summed E-state index contributed by atoms with van der Waals surface area (Å²) in [6.07, 6.45) is 1.50. The molecule has 1 atom stereocenters. The molecule has 140 valence electrons. The van der Waals surface area contributed by atoms with Crippen LogP contribution in [0.15, 0.2) is 22.7 Å². The smallest absolute Gasteiger partial charge is 0.276 e. The molecule has 7 heteroatoms. The van der Waals surface area contributed by atoms with Gasteiger partial charge in [-0.25, -0.2) is 0 Å². The molecule has 1 unspecified atom stereocenters. The molecule has 2 aromatic heterocycles. The van der Waals surface area contributed by atoms with Crippen molar-refractivity contribution in [1.29, 1.82) is 0 Å². The summed E-state index contributed by atoms with van der Waals surface area (Å²) >= 11 is 0. The number of nitrogens with zero attached hydrogens (tertiary/aromatic N) is 4. The monoisotopic (exact) mass is 358 g/mol. The number of anilines is 1. The quantitative estimate of drug-likeness (QED) is 0.818. The van der Waals surface area contributed by atoms with Gasteiger partial charge in [0, 0.05) is 44.5 Å². The summed E-state index contributed by atoms with van der Waals surface area (Å²) in [4.78, 5) is 21.2. The average molecular weight is 358 g/mol. The Kier molecular flexibility index (Phi) is 5.56. The average Bonchev–Trinajstić information content (AvgIpc) is 3.09. The number of hydrogen-bond donors (Lipinski definition) is 0. The highest BCUT2D eigenvalue weighted by Gasteiger charge is 2.29. The molecule has 7 nitrogen and oxygen atoms in total. The molecule has 3 rings (SSSR count). The Labute approximate surface area is 153 Å². The molecule has 0 aromatic carbocycles. The first-order valence-electron chi connectivity index (χ1n) is 9.00. The molecule has 0 radical (unpaired) electrons. The van der Waals surface area contributed by atoms with Crippen molar-refractivity contribution < 1.29 is 14.1 Å². The number of hydrogen-bond acceptors (Lipinski definition) is 6. The zero-order valence-corrected chi connectivity index (χ0v) is 15.9. The van der Waals surface area contributed by atoms with Gasteiger partial charge >= 0.3 is 0 Å². The first-order chi connectivity index (χ1) is 12.5. The molecule has 26 heavy (non-hydrogen) atoms. The van der Waals surface area contributed by atoms with Crippen molar-refractivity contribution >= 4 is 11.6 Å². The fourth-order valence-corrected chi connectivity index (χ4v) is 3.05. The number of pyridine rings is 1. The van der Waals surface area contributed by atoms with Crippen LogP contribution >= 0.6 is 0 Å². The zero-order valence-electron chi connectivity index (χ0n) is 15.9. The third-order valence-corrected chi connectivity index (χ3v) is 4.43. The van der Waals surface area contributed by atoms with Crippen molar-refractivity contribution in [2.24, 2.45) is 0 Å². The van der Waals surface area contributed by atoms with Crippen LogP contribution in [0.3, 0.4) is 0 Å². The van der Waals surface area contributed by atoms with Crippen LogP contribution in [0, 0.1) is 6.92 Å². The lowest BCUT2D eigenvalue weighted by Gasteiger charge is -2.32. The topological polar surface area (TPSA) is 71.7 Å². The number of carbonyl (C=O) groups is 1. The first kappa shape index (κ1) is 18.4. The zero-order chi connectivity index (χ0) is 18.7. The summed E-state index contributed by atoms with van der Waals surface area (Å²) in [6, 6.07) is 5.78. The Balaban J connectivity index is 1.75. The maximum absolute atomic E-state index is 12.8. The van der Waals surface area contributed by atoms with Gasteiger partial charge in [-0.05, 0) is 25.5 Å². The van der Waals surface area contributed by atoms with E-state index >= 15 is 0 Å². The molecule has 3 heterocycles. The summed E-state index contributed by atoms with van der Waals surface area (Å²) in [5.41, 5.74) is 3.21. The lowest BCUT2D eigenvalue weighted by molar-refractivity contribution is -0.0250. The van der Waals surface area contributed by atoms with Crippen LogP contribution in [0.2, 0.25) is 0 Å². The predicted octanol–water partition coefficient (Wildman–Crippen LogP) is 2.61. The molecule has 1 amide bonds. The molecule has 0 aliphatic carbocycles. The van der Waals surface area contributed by atoms with E-state index in [0.29, 0.717) is 25.4 Å². The van der Waals surface area contributed by atoms with Crippen molar-refractivity contribution in [2.75, 3.05) is 38.7 Å². The second kappa shape index (κ2) is 7.86. The van der Waals surface area contributed by atoms with E-state index in [2.05, 4.69) is 17.1 Å². The predicted molar refractivity (Wildman–Crippen MR) is 98.4 cm³/mol.